The van der Waals surface area contributed by atoms with Crippen LogP contribution in [0.15, 0.2) is 52.0 Å². The van der Waals surface area contributed by atoms with Crippen molar-refractivity contribution >= 4 is 33.7 Å². The van der Waals surface area contributed by atoms with Crippen LogP contribution in [0.5, 0.6) is 5.75 Å². The Morgan fingerprint density at radius 2 is 2.17 bits per heavy atom. The minimum atomic E-state index is -0.554. The first kappa shape index (κ1) is 17.5. The summed E-state index contributed by atoms with van der Waals surface area (Å²) < 4.78 is 18.4. The summed E-state index contributed by atoms with van der Waals surface area (Å²) in [6.07, 6.45) is 1.26. The molecule has 0 fully saturated rings. The number of carbonyl (C=O) groups excluding carboxylic acids is 1. The Labute approximate surface area is 144 Å². The predicted octanol–water partition coefficient (Wildman–Crippen LogP) is 3.03. The van der Waals surface area contributed by atoms with E-state index in [-0.39, 0.29) is 18.0 Å². The maximum Gasteiger partial charge on any atom is 0.284 e. The third-order valence-electron chi connectivity index (χ3n) is 2.74. The van der Waals surface area contributed by atoms with E-state index in [0.717, 1.165) is 6.07 Å². The third-order valence-corrected chi connectivity index (χ3v) is 3.41. The molecule has 9 heteroatoms. The monoisotopic (exact) mass is 395 g/mol. The Morgan fingerprint density at radius 1 is 1.38 bits per heavy atom. The number of halogens is 2. The van der Waals surface area contributed by atoms with Crippen LogP contribution in [0.3, 0.4) is 0 Å². The number of carbonyl (C=O) groups is 1. The van der Waals surface area contributed by atoms with Crippen molar-refractivity contribution in [2.45, 2.75) is 0 Å². The lowest BCUT2D eigenvalue weighted by Gasteiger charge is -2.04. The third kappa shape index (κ3) is 5.13. The smallest absolute Gasteiger partial charge is 0.284 e. The standard InChI is InChI=1S/C15H11BrFN3O4/c16-13-5-4-10(6-14(13)20(22)23)8-18-19-15(21)9-24-12-3-1-2-11(17)7-12/h1-8H,9H2,(H,19,21)/b18-8-. The quantitative estimate of drug-likeness (QED) is 0.462. The van der Waals surface area contributed by atoms with Crippen molar-refractivity contribution < 1.29 is 18.8 Å². The summed E-state index contributed by atoms with van der Waals surface area (Å²) in [7, 11) is 0. The molecule has 0 radical (unpaired) electrons. The largest absolute Gasteiger partial charge is 0.484 e. The number of nitro groups is 1. The second kappa shape index (κ2) is 8.16. The van der Waals surface area contributed by atoms with Gasteiger partial charge in [0.1, 0.15) is 11.6 Å². The van der Waals surface area contributed by atoms with Crippen molar-refractivity contribution in [3.05, 3.63) is 68.4 Å². The van der Waals surface area contributed by atoms with Gasteiger partial charge in [-0.3, -0.25) is 14.9 Å². The maximum absolute atomic E-state index is 12.9. The molecule has 1 N–H and O–H groups in total. The predicted molar refractivity (Wildman–Crippen MR) is 88.4 cm³/mol. The average molecular weight is 396 g/mol. The Morgan fingerprint density at radius 3 is 2.88 bits per heavy atom. The number of rotatable bonds is 6. The van der Waals surface area contributed by atoms with Crippen molar-refractivity contribution in [3.8, 4) is 5.75 Å². The fourth-order valence-electron chi connectivity index (χ4n) is 1.67. The number of benzene rings is 2. The summed E-state index contributed by atoms with van der Waals surface area (Å²) in [5.74, 6) is -0.803. The van der Waals surface area contributed by atoms with Crippen molar-refractivity contribution in [1.29, 1.82) is 0 Å². The number of amides is 1. The molecule has 0 atom stereocenters. The molecule has 2 rings (SSSR count). The average Bonchev–Trinajstić information content (AvgIpc) is 2.54. The molecule has 24 heavy (non-hydrogen) atoms. The van der Waals surface area contributed by atoms with Crippen molar-refractivity contribution in [1.82, 2.24) is 5.43 Å². The van der Waals surface area contributed by atoms with Gasteiger partial charge < -0.3 is 4.74 Å². The van der Waals surface area contributed by atoms with Gasteiger partial charge >= 0.3 is 0 Å². The summed E-state index contributed by atoms with van der Waals surface area (Å²) in [5, 5.41) is 14.5. The van der Waals surface area contributed by atoms with Crippen molar-refractivity contribution in [3.63, 3.8) is 0 Å². The number of ether oxygens (including phenoxy) is 1. The van der Waals surface area contributed by atoms with E-state index in [1.807, 2.05) is 0 Å². The van der Waals surface area contributed by atoms with Gasteiger partial charge in [0.25, 0.3) is 11.6 Å². The van der Waals surface area contributed by atoms with Crippen molar-refractivity contribution in [2.24, 2.45) is 5.10 Å². The molecule has 0 spiro atoms. The fourth-order valence-corrected chi connectivity index (χ4v) is 2.06. The Balaban J connectivity index is 1.88. The highest BCUT2D eigenvalue weighted by Crippen LogP contribution is 2.24. The highest BCUT2D eigenvalue weighted by atomic mass is 79.9. The Kier molecular flexibility index (Phi) is 5.96. The van der Waals surface area contributed by atoms with Gasteiger partial charge in [-0.25, -0.2) is 9.82 Å². The van der Waals surface area contributed by atoms with Crippen LogP contribution in [0.25, 0.3) is 0 Å². The van der Waals surface area contributed by atoms with Gasteiger partial charge in [0.05, 0.1) is 15.6 Å². The molecule has 0 bridgehead atoms. The molecule has 0 saturated heterocycles. The number of hydrogen-bond donors (Lipinski definition) is 1. The number of nitrogens with one attached hydrogen (secondary N) is 1. The first-order valence-corrected chi connectivity index (χ1v) is 7.39. The number of hydrazone groups is 1. The lowest BCUT2D eigenvalue weighted by molar-refractivity contribution is -0.385. The molecular formula is C15H11BrFN3O4. The van der Waals surface area contributed by atoms with Crippen LogP contribution in [-0.2, 0) is 4.79 Å². The zero-order valence-corrected chi connectivity index (χ0v) is 13.7. The highest BCUT2D eigenvalue weighted by Gasteiger charge is 2.11. The second-order valence-electron chi connectivity index (χ2n) is 4.51. The summed E-state index contributed by atoms with van der Waals surface area (Å²) in [6.45, 7) is -0.346. The molecule has 0 aromatic heterocycles. The SMILES string of the molecule is O=C(COc1cccc(F)c1)N/N=C\c1ccc(Br)c([N+](=O)[O-])c1. The van der Waals surface area contributed by atoms with Gasteiger partial charge in [-0.15, -0.1) is 0 Å². The molecule has 0 heterocycles. The summed E-state index contributed by atoms with van der Waals surface area (Å²) in [5.41, 5.74) is 2.54. The van der Waals surface area contributed by atoms with Crippen molar-refractivity contribution in [2.75, 3.05) is 6.61 Å². The molecule has 0 aliphatic carbocycles. The maximum atomic E-state index is 12.9. The Hall–Kier alpha value is -2.81. The zero-order valence-electron chi connectivity index (χ0n) is 12.1. The molecular weight excluding hydrogens is 385 g/mol. The summed E-state index contributed by atoms with van der Waals surface area (Å²) >= 11 is 3.07. The van der Waals surface area contributed by atoms with Crippen LogP contribution < -0.4 is 10.2 Å². The van der Waals surface area contributed by atoms with Gasteiger partial charge in [0.2, 0.25) is 0 Å². The van der Waals surface area contributed by atoms with E-state index in [4.69, 9.17) is 4.74 Å². The number of nitro benzene ring substituents is 1. The topological polar surface area (TPSA) is 93.8 Å². The molecule has 2 aromatic rings. The van der Waals surface area contributed by atoms with Crippen LogP contribution in [0.1, 0.15) is 5.56 Å². The normalized spacial score (nSPS) is 10.6. The molecule has 0 saturated carbocycles. The molecule has 0 aliphatic rings. The van der Waals surface area contributed by atoms with Gasteiger partial charge in [0.15, 0.2) is 6.61 Å². The molecule has 7 nitrogen and oxygen atoms in total. The van der Waals surface area contributed by atoms with E-state index in [9.17, 15) is 19.3 Å². The Bertz CT molecular complexity index is 798. The molecule has 1 amide bonds. The molecule has 0 aliphatic heterocycles. The first-order valence-electron chi connectivity index (χ1n) is 6.60. The molecule has 124 valence electrons. The van der Waals surface area contributed by atoms with E-state index in [2.05, 4.69) is 26.5 Å². The lowest BCUT2D eigenvalue weighted by Crippen LogP contribution is -2.24. The summed E-state index contributed by atoms with van der Waals surface area (Å²) in [6, 6.07) is 9.79. The van der Waals surface area contributed by atoms with Gasteiger partial charge in [-0.05, 0) is 34.1 Å². The molecule has 2 aromatic carbocycles. The first-order chi connectivity index (χ1) is 11.5. The van der Waals surface area contributed by atoms with Gasteiger partial charge in [-0.2, -0.15) is 5.10 Å². The molecule has 0 unspecified atom stereocenters. The van der Waals surface area contributed by atoms with E-state index in [0.29, 0.717) is 10.0 Å². The fraction of sp³-hybridized carbons (Fsp3) is 0.0667. The van der Waals surface area contributed by atoms with Gasteiger partial charge in [-0.1, -0.05) is 12.1 Å². The van der Waals surface area contributed by atoms with E-state index < -0.39 is 16.6 Å². The lowest BCUT2D eigenvalue weighted by atomic mass is 10.2. The van der Waals surface area contributed by atoms with Crippen LogP contribution in [-0.4, -0.2) is 23.7 Å². The second-order valence-corrected chi connectivity index (χ2v) is 5.36. The van der Waals surface area contributed by atoms with E-state index in [1.54, 1.807) is 6.07 Å². The van der Waals surface area contributed by atoms with Crippen LogP contribution in [0.4, 0.5) is 10.1 Å². The van der Waals surface area contributed by atoms with Crippen LogP contribution in [0.2, 0.25) is 0 Å². The minimum Gasteiger partial charge on any atom is -0.484 e. The van der Waals surface area contributed by atoms with E-state index in [1.165, 1.54) is 36.5 Å². The van der Waals surface area contributed by atoms with Gasteiger partial charge in [0, 0.05) is 17.7 Å². The summed E-state index contributed by atoms with van der Waals surface area (Å²) in [4.78, 5) is 21.8. The van der Waals surface area contributed by atoms with E-state index >= 15 is 0 Å². The van der Waals surface area contributed by atoms with Crippen LogP contribution in [0, 0.1) is 15.9 Å². The number of hydrogen-bond acceptors (Lipinski definition) is 5. The minimum absolute atomic E-state index is 0.111. The highest BCUT2D eigenvalue weighted by molar-refractivity contribution is 9.10. The van der Waals surface area contributed by atoms with Crippen LogP contribution >= 0.6 is 15.9 Å². The number of nitrogens with zero attached hydrogens (tertiary/aromatic N) is 2. The zero-order chi connectivity index (χ0) is 17.5.